The molecule has 2 aromatic rings. The zero-order valence-corrected chi connectivity index (χ0v) is 16.3. The predicted molar refractivity (Wildman–Crippen MR) is 107 cm³/mol. The van der Waals surface area contributed by atoms with Crippen LogP contribution in [-0.2, 0) is 17.6 Å². The van der Waals surface area contributed by atoms with E-state index in [-0.39, 0.29) is 25.1 Å². The first-order chi connectivity index (χ1) is 12.5. The van der Waals surface area contributed by atoms with Crippen molar-refractivity contribution in [2.45, 2.75) is 31.4 Å². The molecule has 1 aliphatic carbocycles. The lowest BCUT2D eigenvalue weighted by Gasteiger charge is -2.27. The molecule has 0 radical (unpaired) electrons. The highest BCUT2D eigenvalue weighted by Crippen LogP contribution is 2.26. The molecule has 1 aliphatic rings. The highest BCUT2D eigenvalue weighted by Gasteiger charge is 2.20. The van der Waals surface area contributed by atoms with Crippen molar-refractivity contribution >= 4 is 30.0 Å². The van der Waals surface area contributed by atoms with Gasteiger partial charge in [-0.2, -0.15) is 0 Å². The number of aliphatic hydroxyl groups excluding tert-OH is 1. The van der Waals surface area contributed by atoms with E-state index in [9.17, 15) is 9.90 Å². The van der Waals surface area contributed by atoms with Gasteiger partial charge in [-0.3, -0.25) is 0 Å². The van der Waals surface area contributed by atoms with Crippen molar-refractivity contribution in [3.63, 3.8) is 0 Å². The maximum atomic E-state index is 10.6. The van der Waals surface area contributed by atoms with Gasteiger partial charge in [0, 0.05) is 17.6 Å². The number of ether oxygens (including phenoxy) is 1. The summed E-state index contributed by atoms with van der Waals surface area (Å²) in [6, 6.07) is 13.2. The van der Waals surface area contributed by atoms with Crippen molar-refractivity contribution in [2.24, 2.45) is 0 Å². The standard InChI is InChI=1S/C20H22ClNO4.ClH/c21-16-3-1-2-14(8-16)19(23)11-22-17-6-4-13-5-7-18(10-15(13)9-17)26-12-20(24)25;/h1-3,5,7-8,10,17,19,22-23H,4,6,9,11-12H2,(H,24,25);1H/t17?,19-;/m1./s1. The predicted octanol–water partition coefficient (Wildman–Crippen LogP) is 3.41. The number of rotatable bonds is 7. The molecule has 2 aromatic carbocycles. The molecule has 0 amide bonds. The van der Waals surface area contributed by atoms with Gasteiger partial charge in [0.05, 0.1) is 6.10 Å². The number of aliphatic carboxylic acids is 1. The number of carboxylic acid groups (broad SMARTS) is 1. The molecule has 5 nitrogen and oxygen atoms in total. The minimum atomic E-state index is -0.989. The average molecular weight is 412 g/mol. The molecule has 2 atom stereocenters. The average Bonchev–Trinajstić information content (AvgIpc) is 2.64. The number of carbonyl (C=O) groups is 1. The van der Waals surface area contributed by atoms with Gasteiger partial charge in [-0.25, -0.2) is 4.79 Å². The zero-order chi connectivity index (χ0) is 18.5. The lowest BCUT2D eigenvalue weighted by atomic mass is 9.88. The minimum absolute atomic E-state index is 0. The molecular formula is C20H23Cl2NO4. The van der Waals surface area contributed by atoms with Crippen molar-refractivity contribution < 1.29 is 19.7 Å². The number of halogens is 2. The summed E-state index contributed by atoms with van der Waals surface area (Å²) in [5, 5.41) is 23.1. The molecule has 3 rings (SSSR count). The van der Waals surface area contributed by atoms with E-state index < -0.39 is 12.1 Å². The molecular weight excluding hydrogens is 389 g/mol. The van der Waals surface area contributed by atoms with Crippen LogP contribution in [-0.4, -0.2) is 35.4 Å². The quantitative estimate of drug-likeness (QED) is 0.650. The summed E-state index contributed by atoms with van der Waals surface area (Å²) in [6.07, 6.45) is 2.15. The normalized spacial score (nSPS) is 16.7. The van der Waals surface area contributed by atoms with E-state index in [4.69, 9.17) is 21.4 Å². The Morgan fingerprint density at radius 3 is 2.81 bits per heavy atom. The highest BCUT2D eigenvalue weighted by molar-refractivity contribution is 6.30. The van der Waals surface area contributed by atoms with E-state index in [0.717, 1.165) is 30.4 Å². The molecule has 0 heterocycles. The first kappa shape index (κ1) is 21.5. The Hall–Kier alpha value is -1.79. The Balaban J connectivity index is 0.00000261. The second kappa shape index (κ2) is 9.95. The van der Waals surface area contributed by atoms with Crippen LogP contribution >= 0.6 is 24.0 Å². The third-order valence-electron chi connectivity index (χ3n) is 4.60. The summed E-state index contributed by atoms with van der Waals surface area (Å²) in [7, 11) is 0. The molecule has 0 saturated heterocycles. The maximum absolute atomic E-state index is 10.6. The van der Waals surface area contributed by atoms with Gasteiger partial charge < -0.3 is 20.3 Å². The zero-order valence-electron chi connectivity index (χ0n) is 14.7. The Morgan fingerprint density at radius 2 is 2.07 bits per heavy atom. The van der Waals surface area contributed by atoms with Gasteiger partial charge >= 0.3 is 5.97 Å². The summed E-state index contributed by atoms with van der Waals surface area (Å²) >= 11 is 5.97. The molecule has 0 fully saturated rings. The summed E-state index contributed by atoms with van der Waals surface area (Å²) in [5.74, 6) is -0.414. The van der Waals surface area contributed by atoms with Crippen molar-refractivity contribution in [1.29, 1.82) is 0 Å². The second-order valence-electron chi connectivity index (χ2n) is 6.53. The molecule has 146 valence electrons. The van der Waals surface area contributed by atoms with E-state index in [1.54, 1.807) is 12.1 Å². The summed E-state index contributed by atoms with van der Waals surface area (Å²) in [5.41, 5.74) is 3.22. The molecule has 0 saturated carbocycles. The lowest BCUT2D eigenvalue weighted by Crippen LogP contribution is -2.37. The molecule has 7 heteroatoms. The van der Waals surface area contributed by atoms with E-state index in [1.807, 2.05) is 30.3 Å². The number of fused-ring (bicyclic) bond motifs is 1. The van der Waals surface area contributed by atoms with E-state index in [0.29, 0.717) is 17.3 Å². The van der Waals surface area contributed by atoms with Crippen LogP contribution in [0.25, 0.3) is 0 Å². The fourth-order valence-electron chi connectivity index (χ4n) is 3.25. The Bertz CT molecular complexity index is 784. The Morgan fingerprint density at radius 1 is 1.26 bits per heavy atom. The number of carboxylic acids is 1. The van der Waals surface area contributed by atoms with Crippen LogP contribution < -0.4 is 10.1 Å². The summed E-state index contributed by atoms with van der Waals surface area (Å²) in [4.78, 5) is 10.6. The third-order valence-corrected chi connectivity index (χ3v) is 4.84. The summed E-state index contributed by atoms with van der Waals surface area (Å²) < 4.78 is 5.26. The number of benzene rings is 2. The number of nitrogens with one attached hydrogen (secondary N) is 1. The van der Waals surface area contributed by atoms with Crippen LogP contribution in [0.3, 0.4) is 0 Å². The van der Waals surface area contributed by atoms with Gasteiger partial charge in [0.15, 0.2) is 6.61 Å². The van der Waals surface area contributed by atoms with Crippen molar-refractivity contribution in [3.05, 3.63) is 64.2 Å². The first-order valence-electron chi connectivity index (χ1n) is 8.64. The number of hydrogen-bond acceptors (Lipinski definition) is 4. The number of aliphatic hydroxyl groups is 1. The van der Waals surface area contributed by atoms with Gasteiger partial charge in [-0.05, 0) is 60.2 Å². The van der Waals surface area contributed by atoms with E-state index >= 15 is 0 Å². The van der Waals surface area contributed by atoms with Crippen LogP contribution in [0.5, 0.6) is 5.75 Å². The molecule has 0 aliphatic heterocycles. The molecule has 27 heavy (non-hydrogen) atoms. The van der Waals surface area contributed by atoms with Crippen molar-refractivity contribution in [1.82, 2.24) is 5.32 Å². The minimum Gasteiger partial charge on any atom is -0.482 e. The third kappa shape index (κ3) is 6.11. The van der Waals surface area contributed by atoms with Crippen LogP contribution in [0.2, 0.25) is 5.02 Å². The number of hydrogen-bond donors (Lipinski definition) is 3. The lowest BCUT2D eigenvalue weighted by molar-refractivity contribution is -0.139. The fraction of sp³-hybridized carbons (Fsp3) is 0.350. The van der Waals surface area contributed by atoms with E-state index in [2.05, 4.69) is 5.32 Å². The summed E-state index contributed by atoms with van der Waals surface area (Å²) in [6.45, 7) is 0.113. The topological polar surface area (TPSA) is 78.8 Å². The van der Waals surface area contributed by atoms with Crippen LogP contribution in [0, 0.1) is 0 Å². The monoisotopic (exact) mass is 411 g/mol. The molecule has 3 N–H and O–H groups in total. The van der Waals surface area contributed by atoms with Gasteiger partial charge in [0.25, 0.3) is 0 Å². The molecule has 0 spiro atoms. The smallest absolute Gasteiger partial charge is 0.341 e. The first-order valence-corrected chi connectivity index (χ1v) is 9.02. The van der Waals surface area contributed by atoms with Crippen molar-refractivity contribution in [2.75, 3.05) is 13.2 Å². The van der Waals surface area contributed by atoms with E-state index in [1.165, 1.54) is 5.56 Å². The second-order valence-corrected chi connectivity index (χ2v) is 6.97. The van der Waals surface area contributed by atoms with Crippen LogP contribution in [0.4, 0.5) is 0 Å². The molecule has 0 bridgehead atoms. The largest absolute Gasteiger partial charge is 0.482 e. The Labute approximate surface area is 169 Å². The Kier molecular flexibility index (Phi) is 7.92. The molecule has 1 unspecified atom stereocenters. The fourth-order valence-corrected chi connectivity index (χ4v) is 3.45. The van der Waals surface area contributed by atoms with Crippen molar-refractivity contribution in [3.8, 4) is 5.75 Å². The van der Waals surface area contributed by atoms with Crippen LogP contribution in [0.15, 0.2) is 42.5 Å². The molecule has 0 aromatic heterocycles. The van der Waals surface area contributed by atoms with Gasteiger partial charge in [-0.1, -0.05) is 29.8 Å². The number of aryl methyl sites for hydroxylation is 1. The van der Waals surface area contributed by atoms with Crippen LogP contribution in [0.1, 0.15) is 29.2 Å². The SMILES string of the molecule is Cl.O=C(O)COc1ccc2c(c1)CC(NC[C@@H](O)c1cccc(Cl)c1)CC2. The van der Waals surface area contributed by atoms with Gasteiger partial charge in [-0.15, -0.1) is 12.4 Å². The highest BCUT2D eigenvalue weighted by atomic mass is 35.5. The van der Waals surface area contributed by atoms with Gasteiger partial charge in [0.1, 0.15) is 5.75 Å². The maximum Gasteiger partial charge on any atom is 0.341 e. The van der Waals surface area contributed by atoms with Gasteiger partial charge in [0.2, 0.25) is 0 Å².